The van der Waals surface area contributed by atoms with Crippen LogP contribution in [0.5, 0.6) is 0 Å². The van der Waals surface area contributed by atoms with E-state index >= 15 is 0 Å². The zero-order valence-electron chi connectivity index (χ0n) is 13.1. The molecule has 25 heavy (non-hydrogen) atoms. The van der Waals surface area contributed by atoms with E-state index in [0.29, 0.717) is 18.0 Å². The van der Waals surface area contributed by atoms with Gasteiger partial charge in [-0.2, -0.15) is 13.2 Å². The molecule has 2 heterocycles. The number of rotatable bonds is 4. The van der Waals surface area contributed by atoms with E-state index in [1.165, 1.54) is 41.4 Å². The van der Waals surface area contributed by atoms with E-state index in [4.69, 9.17) is 5.73 Å². The zero-order chi connectivity index (χ0) is 18.0. The molecule has 9 heteroatoms. The summed E-state index contributed by atoms with van der Waals surface area (Å²) in [7, 11) is 0. The van der Waals surface area contributed by atoms with Crippen LogP contribution in [0, 0.1) is 0 Å². The van der Waals surface area contributed by atoms with Gasteiger partial charge < -0.3 is 10.6 Å². The molecule has 3 rings (SSSR count). The molecule has 1 aliphatic heterocycles. The molecule has 4 nitrogen and oxygen atoms in total. The topological polar surface area (TPSA) is 59.2 Å². The number of primary amides is 1. The third kappa shape index (κ3) is 4.27. The molecule has 2 N–H and O–H groups in total. The van der Waals surface area contributed by atoms with Crippen LogP contribution in [-0.2, 0) is 6.18 Å². The van der Waals surface area contributed by atoms with Crippen LogP contribution in [0.25, 0.3) is 0 Å². The number of benzene rings is 1. The summed E-state index contributed by atoms with van der Waals surface area (Å²) in [6.07, 6.45) is -1.37. The van der Waals surface area contributed by atoms with Crippen LogP contribution in [0.2, 0.25) is 0 Å². The first-order valence-corrected chi connectivity index (χ1v) is 9.37. The van der Waals surface area contributed by atoms with Gasteiger partial charge in [-0.15, -0.1) is 11.8 Å². The summed E-state index contributed by atoms with van der Waals surface area (Å²) in [6.45, 7) is 1.38. The number of carbonyl (C=O) groups is 1. The second-order valence-electron chi connectivity index (χ2n) is 5.67. The quantitative estimate of drug-likeness (QED) is 0.861. The summed E-state index contributed by atoms with van der Waals surface area (Å²) < 4.78 is 39.3. The van der Waals surface area contributed by atoms with Crippen molar-refractivity contribution in [1.82, 2.24) is 4.98 Å². The van der Waals surface area contributed by atoms with Crippen LogP contribution in [0.4, 0.5) is 18.3 Å². The van der Waals surface area contributed by atoms with E-state index in [2.05, 4.69) is 4.98 Å². The molecule has 1 amide bonds. The lowest BCUT2D eigenvalue weighted by atomic mass is 10.1. The van der Waals surface area contributed by atoms with Crippen LogP contribution in [0.3, 0.4) is 0 Å². The maximum Gasteiger partial charge on any atom is 0.417 e. The van der Waals surface area contributed by atoms with Crippen molar-refractivity contribution >= 4 is 34.1 Å². The molecule has 0 atom stereocenters. The van der Waals surface area contributed by atoms with Crippen LogP contribution < -0.4 is 10.6 Å². The molecule has 0 unspecified atom stereocenters. The second kappa shape index (κ2) is 7.25. The van der Waals surface area contributed by atoms with E-state index < -0.39 is 17.6 Å². The van der Waals surface area contributed by atoms with Gasteiger partial charge in [0, 0.05) is 23.2 Å². The lowest BCUT2D eigenvalue weighted by molar-refractivity contribution is -0.139. The Morgan fingerprint density at radius 3 is 2.56 bits per heavy atom. The van der Waals surface area contributed by atoms with E-state index in [9.17, 15) is 18.0 Å². The minimum absolute atomic E-state index is 0.121. The van der Waals surface area contributed by atoms with Gasteiger partial charge in [0.15, 0.2) is 5.13 Å². The van der Waals surface area contributed by atoms with Crippen molar-refractivity contribution in [2.45, 2.75) is 29.2 Å². The molecule has 0 saturated carbocycles. The highest BCUT2D eigenvalue weighted by molar-refractivity contribution is 8.00. The zero-order valence-corrected chi connectivity index (χ0v) is 14.8. The average molecular weight is 387 g/mol. The van der Waals surface area contributed by atoms with Crippen molar-refractivity contribution in [3.05, 3.63) is 40.9 Å². The summed E-state index contributed by atoms with van der Waals surface area (Å²) in [6, 6.07) is 5.69. The maximum atomic E-state index is 13.1. The molecule has 134 valence electrons. The van der Waals surface area contributed by atoms with Crippen molar-refractivity contribution in [3.8, 4) is 0 Å². The van der Waals surface area contributed by atoms with Crippen LogP contribution >= 0.6 is 23.1 Å². The minimum Gasteiger partial charge on any atom is -0.365 e. The molecular weight excluding hydrogens is 371 g/mol. The van der Waals surface area contributed by atoms with Crippen molar-refractivity contribution in [1.29, 1.82) is 0 Å². The van der Waals surface area contributed by atoms with Gasteiger partial charge in [-0.25, -0.2) is 4.98 Å². The number of thioether (sulfide) groups is 1. The lowest BCUT2D eigenvalue weighted by Crippen LogP contribution is -2.34. The number of aromatic nitrogens is 1. The number of anilines is 1. The maximum absolute atomic E-state index is 13.1. The fourth-order valence-electron chi connectivity index (χ4n) is 2.67. The number of alkyl halides is 3. The molecule has 2 aromatic rings. The number of nitrogens with zero attached hydrogens (tertiary/aromatic N) is 2. The molecule has 0 bridgehead atoms. The first-order valence-electron chi connectivity index (χ1n) is 7.68. The predicted molar refractivity (Wildman–Crippen MR) is 93.2 cm³/mol. The Kier molecular flexibility index (Phi) is 5.24. The number of hydrogen-bond donors (Lipinski definition) is 1. The highest BCUT2D eigenvalue weighted by Gasteiger charge is 2.34. The highest BCUT2D eigenvalue weighted by atomic mass is 32.2. The highest BCUT2D eigenvalue weighted by Crippen LogP contribution is 2.40. The fourth-order valence-corrected chi connectivity index (χ4v) is 4.77. The Morgan fingerprint density at radius 2 is 1.96 bits per heavy atom. The Labute approximate surface area is 151 Å². The van der Waals surface area contributed by atoms with Gasteiger partial charge in [-0.05, 0) is 25.0 Å². The minimum atomic E-state index is -4.34. The largest absolute Gasteiger partial charge is 0.417 e. The molecule has 1 aliphatic rings. The van der Waals surface area contributed by atoms with Gasteiger partial charge in [0.25, 0.3) is 5.91 Å². The third-order valence-electron chi connectivity index (χ3n) is 3.93. The summed E-state index contributed by atoms with van der Waals surface area (Å²) in [5.74, 6) is -0.502. The predicted octanol–water partition coefficient (Wildman–Crippen LogP) is 4.02. The van der Waals surface area contributed by atoms with Gasteiger partial charge in [0.2, 0.25) is 0 Å². The molecule has 0 aliphatic carbocycles. The average Bonchev–Trinajstić information content (AvgIpc) is 3.05. The van der Waals surface area contributed by atoms with Crippen LogP contribution in [-0.4, -0.2) is 29.2 Å². The SMILES string of the molecule is NC(=O)c1cnc(N2CCC(Sc3ccccc3C(F)(F)F)CC2)s1. The Balaban J connectivity index is 1.62. The van der Waals surface area contributed by atoms with Gasteiger partial charge in [-0.1, -0.05) is 23.5 Å². The van der Waals surface area contributed by atoms with E-state index in [0.717, 1.165) is 24.0 Å². The van der Waals surface area contributed by atoms with Gasteiger partial charge >= 0.3 is 6.18 Å². The van der Waals surface area contributed by atoms with E-state index in [-0.39, 0.29) is 10.1 Å². The number of thiazole rings is 1. The molecule has 0 spiro atoms. The monoisotopic (exact) mass is 387 g/mol. The first kappa shape index (κ1) is 18.1. The molecule has 1 saturated heterocycles. The summed E-state index contributed by atoms with van der Waals surface area (Å²) in [5.41, 5.74) is 4.66. The van der Waals surface area contributed by atoms with E-state index in [1.54, 1.807) is 6.07 Å². The second-order valence-corrected chi connectivity index (χ2v) is 8.02. The van der Waals surface area contributed by atoms with Crippen LogP contribution in [0.1, 0.15) is 28.1 Å². The summed E-state index contributed by atoms with van der Waals surface area (Å²) in [5, 5.41) is 0.850. The summed E-state index contributed by atoms with van der Waals surface area (Å²) >= 11 is 2.53. The number of halogens is 3. The number of amides is 1. The van der Waals surface area contributed by atoms with Crippen molar-refractivity contribution in [3.63, 3.8) is 0 Å². The van der Waals surface area contributed by atoms with Crippen molar-refractivity contribution in [2.75, 3.05) is 18.0 Å². The molecule has 1 aromatic heterocycles. The van der Waals surface area contributed by atoms with E-state index in [1.807, 2.05) is 4.90 Å². The van der Waals surface area contributed by atoms with Crippen molar-refractivity contribution in [2.24, 2.45) is 5.73 Å². The summed E-state index contributed by atoms with van der Waals surface area (Å²) in [4.78, 5) is 18.1. The van der Waals surface area contributed by atoms with Gasteiger partial charge in [0.05, 0.1) is 11.8 Å². The van der Waals surface area contributed by atoms with Gasteiger partial charge in [-0.3, -0.25) is 4.79 Å². The molecular formula is C16H16F3N3OS2. The Hall–Kier alpha value is -1.74. The number of piperidine rings is 1. The number of carbonyl (C=O) groups excluding carboxylic acids is 1. The fraction of sp³-hybridized carbons (Fsp3) is 0.375. The Morgan fingerprint density at radius 1 is 1.28 bits per heavy atom. The first-order chi connectivity index (χ1) is 11.8. The number of nitrogens with two attached hydrogens (primary N) is 1. The van der Waals surface area contributed by atoms with Crippen LogP contribution in [0.15, 0.2) is 35.4 Å². The Bertz CT molecular complexity index is 755. The molecule has 1 fully saturated rings. The van der Waals surface area contributed by atoms with Crippen molar-refractivity contribution < 1.29 is 18.0 Å². The third-order valence-corrected chi connectivity index (χ3v) is 6.42. The molecule has 0 radical (unpaired) electrons. The standard InChI is InChI=1S/C16H16F3N3OS2/c17-16(18,19)11-3-1-2-4-12(11)24-10-5-7-22(8-6-10)15-21-9-13(25-15)14(20)23/h1-4,9-10H,5-8H2,(H2,20,23). The number of hydrogen-bond acceptors (Lipinski definition) is 5. The lowest BCUT2D eigenvalue weighted by Gasteiger charge is -2.31. The van der Waals surface area contributed by atoms with Gasteiger partial charge in [0.1, 0.15) is 4.88 Å². The smallest absolute Gasteiger partial charge is 0.365 e. The normalized spacial score (nSPS) is 16.2. The molecule has 1 aromatic carbocycles.